The fourth-order valence-electron chi connectivity index (χ4n) is 4.69. The van der Waals surface area contributed by atoms with E-state index in [4.69, 9.17) is 5.11 Å². The number of benzene rings is 2. The van der Waals surface area contributed by atoms with Gasteiger partial charge in [0.1, 0.15) is 0 Å². The molecule has 156 valence electrons. The van der Waals surface area contributed by atoms with E-state index in [0.29, 0.717) is 6.04 Å². The van der Waals surface area contributed by atoms with E-state index in [9.17, 15) is 4.79 Å². The van der Waals surface area contributed by atoms with E-state index in [0.717, 1.165) is 30.8 Å². The Bertz CT molecular complexity index is 1030. The third-order valence-electron chi connectivity index (χ3n) is 6.09. The molecule has 0 unspecified atom stereocenters. The van der Waals surface area contributed by atoms with E-state index in [1.807, 2.05) is 24.3 Å². The first-order chi connectivity index (χ1) is 14.7. The molecule has 1 aromatic heterocycles. The molecule has 2 aromatic carbocycles. The van der Waals surface area contributed by atoms with E-state index in [2.05, 4.69) is 46.2 Å². The number of anilines is 1. The summed E-state index contributed by atoms with van der Waals surface area (Å²) in [5.41, 5.74) is 4.30. The number of aromatic nitrogens is 2. The lowest BCUT2D eigenvalue weighted by atomic mass is 10.0. The average molecular weight is 405 g/mol. The molecule has 1 N–H and O–H groups in total. The number of hydrogen-bond acceptors (Lipinski definition) is 5. The Hall–Kier alpha value is -2.96. The van der Waals surface area contributed by atoms with Crippen molar-refractivity contribution in [3.05, 3.63) is 77.2 Å². The van der Waals surface area contributed by atoms with Crippen molar-refractivity contribution < 1.29 is 5.11 Å². The van der Waals surface area contributed by atoms with Crippen LogP contribution in [0.4, 0.5) is 5.69 Å². The Balaban J connectivity index is 0.00000106. The van der Waals surface area contributed by atoms with Gasteiger partial charge in [-0.25, -0.2) is 0 Å². The van der Waals surface area contributed by atoms with Gasteiger partial charge in [0, 0.05) is 50.7 Å². The monoisotopic (exact) mass is 404 g/mol. The van der Waals surface area contributed by atoms with Crippen molar-refractivity contribution in [3.8, 4) is 16.8 Å². The summed E-state index contributed by atoms with van der Waals surface area (Å²) < 4.78 is 1.41. The lowest BCUT2D eigenvalue weighted by Crippen LogP contribution is -2.34. The van der Waals surface area contributed by atoms with Gasteiger partial charge in [-0.2, -0.15) is 9.78 Å². The highest BCUT2D eigenvalue weighted by Gasteiger charge is 2.39. The van der Waals surface area contributed by atoms with Gasteiger partial charge >= 0.3 is 0 Å². The molecule has 3 aromatic rings. The summed E-state index contributed by atoms with van der Waals surface area (Å²) in [5, 5.41) is 11.1. The molecule has 5 rings (SSSR count). The predicted molar refractivity (Wildman–Crippen MR) is 120 cm³/mol. The molecule has 30 heavy (non-hydrogen) atoms. The van der Waals surface area contributed by atoms with E-state index in [1.165, 1.54) is 41.5 Å². The third kappa shape index (κ3) is 3.88. The van der Waals surface area contributed by atoms with E-state index in [1.54, 1.807) is 12.3 Å². The van der Waals surface area contributed by atoms with Gasteiger partial charge in [-0.3, -0.25) is 4.79 Å². The number of rotatable bonds is 3. The van der Waals surface area contributed by atoms with Crippen molar-refractivity contribution >= 4 is 5.69 Å². The summed E-state index contributed by atoms with van der Waals surface area (Å²) in [6.07, 6.45) is 2.92. The van der Waals surface area contributed by atoms with Gasteiger partial charge < -0.3 is 14.9 Å². The molecule has 6 nitrogen and oxygen atoms in total. The molecule has 0 bridgehead atoms. The molecule has 0 radical (unpaired) electrons. The molecule has 2 aliphatic heterocycles. The van der Waals surface area contributed by atoms with Crippen molar-refractivity contribution in [2.75, 3.05) is 38.7 Å². The summed E-state index contributed by atoms with van der Waals surface area (Å²) in [6, 6.07) is 20.7. The van der Waals surface area contributed by atoms with Crippen molar-refractivity contribution in [2.45, 2.75) is 12.5 Å². The van der Waals surface area contributed by atoms with Gasteiger partial charge in [0.25, 0.3) is 5.56 Å². The fourth-order valence-corrected chi connectivity index (χ4v) is 4.69. The molecule has 6 heteroatoms. The summed E-state index contributed by atoms with van der Waals surface area (Å²) >= 11 is 0. The number of hydrogen-bond donors (Lipinski definition) is 1. The predicted octanol–water partition coefficient (Wildman–Crippen LogP) is 2.65. The van der Waals surface area contributed by atoms with Crippen LogP contribution in [0.2, 0.25) is 0 Å². The van der Waals surface area contributed by atoms with Crippen LogP contribution in [0.3, 0.4) is 0 Å². The number of likely N-dealkylation sites (tertiary alicyclic amines) is 1. The highest BCUT2D eigenvalue weighted by Crippen LogP contribution is 2.35. The fraction of sp³-hybridized carbons (Fsp3) is 0.333. The average Bonchev–Trinajstić information content (AvgIpc) is 3.35. The topological polar surface area (TPSA) is 61.6 Å². The zero-order chi connectivity index (χ0) is 21.1. The molecule has 0 amide bonds. The van der Waals surface area contributed by atoms with Gasteiger partial charge in [0.15, 0.2) is 0 Å². The smallest absolute Gasteiger partial charge is 0.271 e. The lowest BCUT2D eigenvalue weighted by molar-refractivity contribution is 0.386. The first kappa shape index (κ1) is 20.3. The number of aliphatic hydroxyl groups excluding tert-OH is 1. The zero-order valence-corrected chi connectivity index (χ0v) is 17.5. The number of nitrogens with zero attached hydrogens (tertiary/aromatic N) is 4. The van der Waals surface area contributed by atoms with Crippen LogP contribution >= 0.6 is 0 Å². The Labute approximate surface area is 177 Å². The van der Waals surface area contributed by atoms with Crippen LogP contribution in [0, 0.1) is 5.92 Å². The quantitative estimate of drug-likeness (QED) is 0.727. The molecule has 0 saturated carbocycles. The van der Waals surface area contributed by atoms with Crippen LogP contribution in [-0.4, -0.2) is 59.6 Å². The minimum absolute atomic E-state index is 0.124. The first-order valence-corrected chi connectivity index (χ1v) is 10.3. The summed E-state index contributed by atoms with van der Waals surface area (Å²) in [5.74, 6) is 0.812. The summed E-state index contributed by atoms with van der Waals surface area (Å²) in [6.45, 7) is 3.56. The Kier molecular flexibility index (Phi) is 5.97. The minimum atomic E-state index is -0.124. The second-order valence-corrected chi connectivity index (χ2v) is 7.90. The highest BCUT2D eigenvalue weighted by atomic mass is 16.2. The van der Waals surface area contributed by atoms with Gasteiger partial charge in [-0.1, -0.05) is 24.3 Å². The minimum Gasteiger partial charge on any atom is -0.400 e. The van der Waals surface area contributed by atoms with Crippen LogP contribution in [0.15, 0.2) is 71.7 Å². The molecule has 2 atom stereocenters. The van der Waals surface area contributed by atoms with E-state index >= 15 is 0 Å². The van der Waals surface area contributed by atoms with Crippen LogP contribution in [0.1, 0.15) is 6.42 Å². The van der Waals surface area contributed by atoms with Crippen molar-refractivity contribution in [3.63, 3.8) is 0 Å². The number of aliphatic hydroxyl groups is 1. The van der Waals surface area contributed by atoms with Gasteiger partial charge in [0.05, 0.1) is 5.69 Å². The molecular formula is C24H28N4O2. The van der Waals surface area contributed by atoms with Crippen molar-refractivity contribution in [2.24, 2.45) is 5.92 Å². The number of fused-ring (bicyclic) bond motifs is 1. The maximum absolute atomic E-state index is 11.9. The highest BCUT2D eigenvalue weighted by molar-refractivity contribution is 5.67. The summed E-state index contributed by atoms with van der Waals surface area (Å²) in [7, 11) is 3.22. The Morgan fingerprint density at radius 2 is 1.53 bits per heavy atom. The standard InChI is InChI=1S/C23H24N4O.CH4O/c1-25-15-19-12-14-26(22(19)16-25)20-8-4-17(5-9-20)18-6-10-21(11-7-18)27-23(28)3-2-13-24-27;1-2/h2-11,13,19,22H,12,14-16H2,1H3;2H,1H3/t19-,22+;/m1./s1. The maximum atomic E-state index is 11.9. The van der Waals surface area contributed by atoms with E-state index in [-0.39, 0.29) is 5.56 Å². The van der Waals surface area contributed by atoms with Crippen molar-refractivity contribution in [1.29, 1.82) is 0 Å². The largest absolute Gasteiger partial charge is 0.400 e. The Morgan fingerprint density at radius 3 is 2.17 bits per heavy atom. The second kappa shape index (κ2) is 8.81. The molecule has 3 heterocycles. The SMILES string of the molecule is CN1C[C@H]2CCN(c3ccc(-c4ccc(-n5ncccc5=O)cc4)cc3)[C@H]2C1.CO. The molecule has 2 fully saturated rings. The summed E-state index contributed by atoms with van der Waals surface area (Å²) in [4.78, 5) is 17.0. The van der Waals surface area contributed by atoms with Crippen LogP contribution in [0.5, 0.6) is 0 Å². The van der Waals surface area contributed by atoms with Crippen molar-refractivity contribution in [1.82, 2.24) is 14.7 Å². The third-order valence-corrected chi connectivity index (χ3v) is 6.09. The number of likely N-dealkylation sites (N-methyl/N-ethyl adjacent to an activating group) is 1. The Morgan fingerprint density at radius 1 is 0.900 bits per heavy atom. The van der Waals surface area contributed by atoms with Gasteiger partial charge in [-0.15, -0.1) is 0 Å². The molecule has 2 aliphatic rings. The zero-order valence-electron chi connectivity index (χ0n) is 17.5. The van der Waals surface area contributed by atoms with Crippen LogP contribution in [0.25, 0.3) is 16.8 Å². The normalized spacial score (nSPS) is 20.6. The maximum Gasteiger partial charge on any atom is 0.271 e. The molecular weight excluding hydrogens is 376 g/mol. The first-order valence-electron chi connectivity index (χ1n) is 10.3. The van der Waals surface area contributed by atoms with Crippen LogP contribution < -0.4 is 10.5 Å². The van der Waals surface area contributed by atoms with Gasteiger partial charge in [-0.05, 0) is 60.8 Å². The van der Waals surface area contributed by atoms with E-state index < -0.39 is 0 Å². The lowest BCUT2D eigenvalue weighted by Gasteiger charge is -2.26. The second-order valence-electron chi connectivity index (χ2n) is 7.90. The molecule has 2 saturated heterocycles. The van der Waals surface area contributed by atoms with Crippen LogP contribution in [-0.2, 0) is 0 Å². The molecule has 0 spiro atoms. The molecule has 0 aliphatic carbocycles. The van der Waals surface area contributed by atoms with Gasteiger partial charge in [0.2, 0.25) is 0 Å².